The summed E-state index contributed by atoms with van der Waals surface area (Å²) in [5, 5.41) is 0. The number of aromatic nitrogens is 2. The van der Waals surface area contributed by atoms with Crippen LogP contribution in [-0.4, -0.2) is 15.3 Å². The van der Waals surface area contributed by atoms with Gasteiger partial charge in [-0.25, -0.2) is 4.98 Å². The molecule has 0 fully saturated rings. The Morgan fingerprint density at radius 2 is 1.95 bits per heavy atom. The summed E-state index contributed by atoms with van der Waals surface area (Å²) in [5.41, 5.74) is 0.446. The maximum Gasteiger partial charge on any atom is 0.416 e. The Bertz CT molecular complexity index is 744. The van der Waals surface area contributed by atoms with E-state index in [1.807, 2.05) is 13.8 Å². The highest BCUT2D eigenvalue weighted by Crippen LogP contribution is 2.36. The number of nitrogens with zero attached hydrogens (tertiary/aromatic N) is 2. The Kier molecular flexibility index (Phi) is 3.16. The van der Waals surface area contributed by atoms with Gasteiger partial charge in [-0.05, 0) is 30.0 Å². The number of hydrogen-bond donors (Lipinski definition) is 0. The van der Waals surface area contributed by atoms with Gasteiger partial charge in [0.2, 0.25) is 0 Å². The molecule has 3 nitrogen and oxygen atoms in total. The van der Waals surface area contributed by atoms with E-state index in [4.69, 9.17) is 0 Å². The molecule has 0 radical (unpaired) electrons. The third kappa shape index (κ3) is 2.53. The van der Waals surface area contributed by atoms with Crippen molar-refractivity contribution in [2.24, 2.45) is 5.41 Å². The monoisotopic (exact) mass is 308 g/mol. The van der Waals surface area contributed by atoms with Crippen LogP contribution in [0.5, 0.6) is 0 Å². The number of halogens is 3. The highest BCUT2D eigenvalue weighted by molar-refractivity contribution is 5.97. The van der Waals surface area contributed by atoms with Gasteiger partial charge in [0, 0.05) is 12.1 Å². The molecule has 0 aliphatic heterocycles. The maximum absolute atomic E-state index is 12.8. The lowest BCUT2D eigenvalue weighted by molar-refractivity contribution is -0.137. The number of imidazole rings is 1. The Morgan fingerprint density at radius 3 is 2.64 bits per heavy atom. The second kappa shape index (κ2) is 4.69. The lowest BCUT2D eigenvalue weighted by Crippen LogP contribution is -2.28. The molecule has 0 saturated heterocycles. The number of carbonyl (C=O) groups excluding carboxylic acids is 1. The Morgan fingerprint density at radius 1 is 1.23 bits per heavy atom. The first-order chi connectivity index (χ1) is 10.2. The van der Waals surface area contributed by atoms with Crippen LogP contribution in [0.25, 0.3) is 5.69 Å². The van der Waals surface area contributed by atoms with Crippen LogP contribution in [0.3, 0.4) is 0 Å². The summed E-state index contributed by atoms with van der Waals surface area (Å²) in [4.78, 5) is 16.6. The molecule has 0 unspecified atom stereocenters. The van der Waals surface area contributed by atoms with Gasteiger partial charge in [0.25, 0.3) is 0 Å². The molecule has 1 aliphatic rings. The van der Waals surface area contributed by atoms with E-state index >= 15 is 0 Å². The fourth-order valence-electron chi connectivity index (χ4n) is 2.87. The predicted molar refractivity (Wildman–Crippen MR) is 75.0 cm³/mol. The van der Waals surface area contributed by atoms with Gasteiger partial charge in [-0.15, -0.1) is 0 Å². The quantitative estimate of drug-likeness (QED) is 0.796. The SMILES string of the molecule is CC1(C)CC(=O)c2c(ncn2-c2cccc(C(F)(F)F)c2)C1. The normalized spacial score (nSPS) is 17.4. The Balaban J connectivity index is 2.09. The van der Waals surface area contributed by atoms with Crippen molar-refractivity contribution in [3.05, 3.63) is 47.5 Å². The topological polar surface area (TPSA) is 34.9 Å². The zero-order valence-electron chi connectivity index (χ0n) is 12.2. The van der Waals surface area contributed by atoms with E-state index in [-0.39, 0.29) is 11.2 Å². The molecule has 1 heterocycles. The van der Waals surface area contributed by atoms with E-state index in [0.717, 1.165) is 12.1 Å². The van der Waals surface area contributed by atoms with Crippen molar-refractivity contribution < 1.29 is 18.0 Å². The van der Waals surface area contributed by atoms with E-state index in [0.29, 0.717) is 29.9 Å². The van der Waals surface area contributed by atoms with Crippen LogP contribution in [0, 0.1) is 5.41 Å². The lowest BCUT2D eigenvalue weighted by Gasteiger charge is -2.28. The van der Waals surface area contributed by atoms with Gasteiger partial charge in [0.05, 0.1) is 11.3 Å². The second-order valence-electron chi connectivity index (χ2n) is 6.40. The molecule has 1 aromatic carbocycles. The van der Waals surface area contributed by atoms with Crippen LogP contribution < -0.4 is 0 Å². The molecular formula is C16H15F3N2O. The van der Waals surface area contributed by atoms with Gasteiger partial charge in [-0.3, -0.25) is 9.36 Å². The van der Waals surface area contributed by atoms with Gasteiger partial charge in [-0.1, -0.05) is 19.9 Å². The minimum Gasteiger partial charge on any atom is -0.296 e. The average Bonchev–Trinajstić information content (AvgIpc) is 2.80. The van der Waals surface area contributed by atoms with Crippen molar-refractivity contribution >= 4 is 5.78 Å². The fraction of sp³-hybridized carbons (Fsp3) is 0.375. The predicted octanol–water partition coefficient (Wildman–Crippen LogP) is 4.05. The van der Waals surface area contributed by atoms with Crippen molar-refractivity contribution in [2.75, 3.05) is 0 Å². The smallest absolute Gasteiger partial charge is 0.296 e. The van der Waals surface area contributed by atoms with Gasteiger partial charge in [0.1, 0.15) is 12.0 Å². The first-order valence-electron chi connectivity index (χ1n) is 6.94. The zero-order valence-corrected chi connectivity index (χ0v) is 12.2. The first kappa shape index (κ1) is 14.8. The molecule has 1 aromatic heterocycles. The minimum atomic E-state index is -4.41. The number of hydrogen-bond acceptors (Lipinski definition) is 2. The third-order valence-electron chi connectivity index (χ3n) is 3.84. The van der Waals surface area contributed by atoms with Crippen LogP contribution in [0.2, 0.25) is 0 Å². The van der Waals surface area contributed by atoms with Crippen molar-refractivity contribution in [3.63, 3.8) is 0 Å². The standard InChI is InChI=1S/C16H15F3N2O/c1-15(2)7-12-14(13(22)8-15)21(9-20-12)11-5-3-4-10(6-11)16(17,18)19/h3-6,9H,7-8H2,1-2H3. The van der Waals surface area contributed by atoms with Crippen molar-refractivity contribution in [3.8, 4) is 5.69 Å². The van der Waals surface area contributed by atoms with Crippen LogP contribution in [0.15, 0.2) is 30.6 Å². The number of Topliss-reactive ketones (excluding diaryl/α,β-unsaturated/α-hetero) is 1. The summed E-state index contributed by atoms with van der Waals surface area (Å²) < 4.78 is 40.0. The van der Waals surface area contributed by atoms with Crippen LogP contribution in [0.4, 0.5) is 13.2 Å². The minimum absolute atomic E-state index is 0.0823. The molecule has 0 spiro atoms. The number of benzene rings is 1. The van der Waals surface area contributed by atoms with E-state index in [1.54, 1.807) is 6.07 Å². The second-order valence-corrected chi connectivity index (χ2v) is 6.40. The molecule has 22 heavy (non-hydrogen) atoms. The molecule has 1 aliphatic carbocycles. The summed E-state index contributed by atoms with van der Waals surface area (Å²) in [6, 6.07) is 4.93. The first-order valence-corrected chi connectivity index (χ1v) is 6.94. The van der Waals surface area contributed by atoms with Crippen LogP contribution >= 0.6 is 0 Å². The van der Waals surface area contributed by atoms with Gasteiger partial charge in [-0.2, -0.15) is 13.2 Å². The molecule has 0 amide bonds. The molecule has 2 aromatic rings. The molecule has 0 saturated carbocycles. The zero-order chi connectivity index (χ0) is 16.1. The van der Waals surface area contributed by atoms with Crippen molar-refractivity contribution in [2.45, 2.75) is 32.9 Å². The fourth-order valence-corrected chi connectivity index (χ4v) is 2.87. The number of ketones is 1. The third-order valence-corrected chi connectivity index (χ3v) is 3.84. The van der Waals surface area contributed by atoms with E-state index in [1.165, 1.54) is 17.0 Å². The summed E-state index contributed by atoms with van der Waals surface area (Å²) in [6.45, 7) is 3.97. The van der Waals surface area contributed by atoms with Gasteiger partial charge in [0.15, 0.2) is 5.78 Å². The number of alkyl halides is 3. The highest BCUT2D eigenvalue weighted by Gasteiger charge is 2.35. The number of carbonyl (C=O) groups is 1. The Labute approximate surface area is 125 Å². The lowest BCUT2D eigenvalue weighted by atomic mass is 9.77. The number of fused-ring (bicyclic) bond motifs is 1. The molecule has 3 rings (SSSR count). The molecule has 116 valence electrons. The van der Waals surface area contributed by atoms with Crippen LogP contribution in [0.1, 0.15) is 42.0 Å². The summed E-state index contributed by atoms with van der Waals surface area (Å²) >= 11 is 0. The summed E-state index contributed by atoms with van der Waals surface area (Å²) in [6.07, 6.45) is -1.98. The molecule has 0 N–H and O–H groups in total. The molecular weight excluding hydrogens is 293 g/mol. The van der Waals surface area contributed by atoms with E-state index < -0.39 is 11.7 Å². The summed E-state index contributed by atoms with van der Waals surface area (Å²) in [5.74, 6) is -0.0823. The molecule has 0 bridgehead atoms. The van der Waals surface area contributed by atoms with E-state index in [2.05, 4.69) is 4.98 Å². The number of rotatable bonds is 1. The highest BCUT2D eigenvalue weighted by atomic mass is 19.4. The van der Waals surface area contributed by atoms with Gasteiger partial charge >= 0.3 is 6.18 Å². The van der Waals surface area contributed by atoms with Crippen LogP contribution in [-0.2, 0) is 12.6 Å². The Hall–Kier alpha value is -2.11. The van der Waals surface area contributed by atoms with Crippen molar-refractivity contribution in [1.29, 1.82) is 0 Å². The van der Waals surface area contributed by atoms with Crippen molar-refractivity contribution in [1.82, 2.24) is 9.55 Å². The largest absolute Gasteiger partial charge is 0.416 e. The molecule has 6 heteroatoms. The average molecular weight is 308 g/mol. The molecule has 0 atom stereocenters. The summed E-state index contributed by atoms with van der Waals surface area (Å²) in [7, 11) is 0. The maximum atomic E-state index is 12.8. The van der Waals surface area contributed by atoms with Gasteiger partial charge < -0.3 is 0 Å². The van der Waals surface area contributed by atoms with E-state index in [9.17, 15) is 18.0 Å².